The maximum atomic E-state index is 13.5. The van der Waals surface area contributed by atoms with Crippen molar-refractivity contribution in [1.29, 1.82) is 0 Å². The Morgan fingerprint density at radius 2 is 2.10 bits per heavy atom. The van der Waals surface area contributed by atoms with Crippen LogP contribution in [0.3, 0.4) is 0 Å². The number of sulfonamides is 1. The van der Waals surface area contributed by atoms with Crippen LogP contribution in [-0.2, 0) is 19.6 Å². The summed E-state index contributed by atoms with van der Waals surface area (Å²) in [4.78, 5) is 10.8. The van der Waals surface area contributed by atoms with Crippen LogP contribution in [0.5, 0.6) is 0 Å². The Balaban J connectivity index is 2.75. The molecule has 1 rings (SSSR count). The summed E-state index contributed by atoms with van der Waals surface area (Å²) in [6.45, 7) is 3.66. The first-order valence-electron chi connectivity index (χ1n) is 5.84. The van der Waals surface area contributed by atoms with Gasteiger partial charge in [-0.25, -0.2) is 17.5 Å². The van der Waals surface area contributed by atoms with Gasteiger partial charge in [-0.3, -0.25) is 4.79 Å². The lowest BCUT2D eigenvalue weighted by Gasteiger charge is -2.09. The van der Waals surface area contributed by atoms with Crippen molar-refractivity contribution in [2.45, 2.75) is 31.3 Å². The van der Waals surface area contributed by atoms with Crippen molar-refractivity contribution in [1.82, 2.24) is 4.72 Å². The van der Waals surface area contributed by atoms with Gasteiger partial charge >= 0.3 is 0 Å². The smallest absolute Gasteiger partial charge is 0.267 e. The van der Waals surface area contributed by atoms with E-state index in [1.54, 1.807) is 18.6 Å². The van der Waals surface area contributed by atoms with Crippen LogP contribution in [-0.4, -0.2) is 27.0 Å². The number of halogens is 2. The van der Waals surface area contributed by atoms with Gasteiger partial charge in [0, 0.05) is 5.02 Å². The highest BCUT2D eigenvalue weighted by atomic mass is 35.5. The standard InChI is InChI=1S/C12H15ClFNO4S/c1-8(2)19-6-5-12(16)15-20(17,18)11-7-9(13)3-4-10(11)14/h3-4,7-8H,5-6H2,1-2H3,(H,15,16). The van der Waals surface area contributed by atoms with Gasteiger partial charge in [0.1, 0.15) is 10.7 Å². The van der Waals surface area contributed by atoms with Crippen LogP contribution >= 0.6 is 11.6 Å². The number of rotatable bonds is 6. The van der Waals surface area contributed by atoms with Gasteiger partial charge < -0.3 is 4.74 Å². The second kappa shape index (κ2) is 7.01. The molecule has 0 aromatic heterocycles. The molecule has 0 unspecified atom stereocenters. The molecule has 0 radical (unpaired) electrons. The fourth-order valence-corrected chi connectivity index (χ4v) is 2.68. The van der Waals surface area contributed by atoms with E-state index in [4.69, 9.17) is 16.3 Å². The predicted octanol–water partition coefficient (Wildman–Crippen LogP) is 2.10. The molecular formula is C12H15ClFNO4S. The van der Waals surface area contributed by atoms with Gasteiger partial charge in [0.05, 0.1) is 19.1 Å². The van der Waals surface area contributed by atoms with Gasteiger partial charge in [-0.05, 0) is 32.0 Å². The largest absolute Gasteiger partial charge is 0.378 e. The molecule has 0 heterocycles. The van der Waals surface area contributed by atoms with Crippen molar-refractivity contribution in [3.63, 3.8) is 0 Å². The van der Waals surface area contributed by atoms with Crippen LogP contribution in [0.25, 0.3) is 0 Å². The zero-order valence-corrected chi connectivity index (χ0v) is 12.6. The second-order valence-electron chi connectivity index (χ2n) is 4.27. The summed E-state index contributed by atoms with van der Waals surface area (Å²) in [7, 11) is -4.28. The minimum Gasteiger partial charge on any atom is -0.378 e. The Bertz CT molecular complexity index is 589. The van der Waals surface area contributed by atoms with Crippen LogP contribution < -0.4 is 4.72 Å². The first-order valence-corrected chi connectivity index (χ1v) is 7.71. The Hall–Kier alpha value is -1.18. The fourth-order valence-electron chi connectivity index (χ4n) is 1.33. The van der Waals surface area contributed by atoms with Crippen LogP contribution in [0.4, 0.5) is 4.39 Å². The fraction of sp³-hybridized carbons (Fsp3) is 0.417. The van der Waals surface area contributed by atoms with Gasteiger partial charge in [-0.2, -0.15) is 0 Å². The van der Waals surface area contributed by atoms with Gasteiger partial charge in [-0.1, -0.05) is 11.6 Å². The van der Waals surface area contributed by atoms with E-state index < -0.39 is 26.6 Å². The van der Waals surface area contributed by atoms with Crippen LogP contribution in [0.1, 0.15) is 20.3 Å². The van der Waals surface area contributed by atoms with Crippen molar-refractivity contribution in [2.75, 3.05) is 6.61 Å². The predicted molar refractivity (Wildman–Crippen MR) is 72.4 cm³/mol. The summed E-state index contributed by atoms with van der Waals surface area (Å²) in [5, 5.41) is 0.0577. The quantitative estimate of drug-likeness (QED) is 0.870. The third-order valence-electron chi connectivity index (χ3n) is 2.21. The highest BCUT2D eigenvalue weighted by Crippen LogP contribution is 2.19. The summed E-state index contributed by atoms with van der Waals surface area (Å²) in [5.74, 6) is -1.75. The molecule has 0 saturated carbocycles. The van der Waals surface area contributed by atoms with E-state index in [1.807, 2.05) is 0 Å². The monoisotopic (exact) mass is 323 g/mol. The van der Waals surface area contributed by atoms with Crippen LogP contribution in [0.2, 0.25) is 5.02 Å². The Labute approximate surface area is 122 Å². The highest BCUT2D eigenvalue weighted by Gasteiger charge is 2.22. The zero-order valence-electron chi connectivity index (χ0n) is 11.0. The third-order valence-corrected chi connectivity index (χ3v) is 3.83. The maximum Gasteiger partial charge on any atom is 0.267 e. The van der Waals surface area contributed by atoms with Crippen LogP contribution in [0, 0.1) is 5.82 Å². The van der Waals surface area contributed by atoms with E-state index in [0.717, 1.165) is 12.1 Å². The molecule has 0 atom stereocenters. The lowest BCUT2D eigenvalue weighted by atomic mass is 10.3. The molecule has 8 heteroatoms. The average Bonchev–Trinajstić information content (AvgIpc) is 2.31. The summed E-state index contributed by atoms with van der Waals surface area (Å²) < 4.78 is 44.0. The molecule has 0 aliphatic carbocycles. The second-order valence-corrected chi connectivity index (χ2v) is 6.36. The summed E-state index contributed by atoms with van der Waals surface area (Å²) in [6, 6.07) is 3.08. The lowest BCUT2D eigenvalue weighted by molar-refractivity contribution is -0.120. The van der Waals surface area contributed by atoms with E-state index in [0.29, 0.717) is 0 Å². The summed E-state index contributed by atoms with van der Waals surface area (Å²) >= 11 is 5.61. The van der Waals surface area contributed by atoms with E-state index >= 15 is 0 Å². The van der Waals surface area contributed by atoms with Crippen molar-refractivity contribution in [3.05, 3.63) is 29.0 Å². The molecule has 1 N–H and O–H groups in total. The molecule has 0 fully saturated rings. The molecule has 20 heavy (non-hydrogen) atoms. The molecule has 0 aliphatic rings. The summed E-state index contributed by atoms with van der Waals surface area (Å²) in [6.07, 6.45) is -0.204. The summed E-state index contributed by atoms with van der Waals surface area (Å²) in [5.41, 5.74) is 0. The van der Waals surface area contributed by atoms with Crippen molar-refractivity contribution in [3.8, 4) is 0 Å². The number of ether oxygens (including phenoxy) is 1. The number of carbonyl (C=O) groups excluding carboxylic acids is 1. The average molecular weight is 324 g/mol. The minimum absolute atomic E-state index is 0.0577. The number of hydrogen-bond donors (Lipinski definition) is 1. The number of hydrogen-bond acceptors (Lipinski definition) is 4. The number of carbonyl (C=O) groups is 1. The molecule has 1 amide bonds. The van der Waals surface area contributed by atoms with E-state index in [9.17, 15) is 17.6 Å². The number of nitrogens with one attached hydrogen (secondary N) is 1. The SMILES string of the molecule is CC(C)OCCC(=O)NS(=O)(=O)c1cc(Cl)ccc1F. The normalized spacial score (nSPS) is 11.7. The molecule has 5 nitrogen and oxygen atoms in total. The first kappa shape index (κ1) is 16.9. The van der Waals surface area contributed by atoms with Gasteiger partial charge in [0.25, 0.3) is 10.0 Å². The molecule has 112 valence electrons. The molecule has 1 aromatic carbocycles. The Morgan fingerprint density at radius 3 is 2.70 bits per heavy atom. The molecule has 0 saturated heterocycles. The topological polar surface area (TPSA) is 72.5 Å². The minimum atomic E-state index is -4.28. The molecule has 0 spiro atoms. The lowest BCUT2D eigenvalue weighted by Crippen LogP contribution is -2.32. The first-order chi connectivity index (χ1) is 9.22. The van der Waals surface area contributed by atoms with Crippen molar-refractivity contribution < 1.29 is 22.3 Å². The van der Waals surface area contributed by atoms with Gasteiger partial charge in [0.15, 0.2) is 0 Å². The highest BCUT2D eigenvalue weighted by molar-refractivity contribution is 7.90. The van der Waals surface area contributed by atoms with E-state index in [-0.39, 0.29) is 24.2 Å². The van der Waals surface area contributed by atoms with Crippen LogP contribution in [0.15, 0.2) is 23.1 Å². The van der Waals surface area contributed by atoms with Gasteiger partial charge in [0.2, 0.25) is 5.91 Å². The van der Waals surface area contributed by atoms with E-state index in [2.05, 4.69) is 0 Å². The Morgan fingerprint density at radius 1 is 1.45 bits per heavy atom. The zero-order chi connectivity index (χ0) is 15.3. The molecule has 0 aliphatic heterocycles. The number of amides is 1. The molecule has 1 aromatic rings. The Kier molecular flexibility index (Phi) is 5.91. The number of benzene rings is 1. The van der Waals surface area contributed by atoms with Gasteiger partial charge in [-0.15, -0.1) is 0 Å². The van der Waals surface area contributed by atoms with Crippen molar-refractivity contribution >= 4 is 27.5 Å². The van der Waals surface area contributed by atoms with Crippen molar-refractivity contribution in [2.24, 2.45) is 0 Å². The molecule has 0 bridgehead atoms. The molecular weight excluding hydrogens is 309 g/mol. The third kappa shape index (κ3) is 5.07. The maximum absolute atomic E-state index is 13.5. The van der Waals surface area contributed by atoms with E-state index in [1.165, 1.54) is 6.07 Å².